The Bertz CT molecular complexity index is 545. The topological polar surface area (TPSA) is 64.6 Å². The molecule has 0 bridgehead atoms. The van der Waals surface area contributed by atoms with Gasteiger partial charge in [-0.2, -0.15) is 0 Å². The molecule has 0 unspecified atom stereocenters. The summed E-state index contributed by atoms with van der Waals surface area (Å²) in [7, 11) is 0. The zero-order valence-corrected chi connectivity index (χ0v) is 14.0. The molecule has 1 aromatic carbocycles. The third kappa shape index (κ3) is 4.99. The quantitative estimate of drug-likeness (QED) is 0.675. The maximum Gasteiger partial charge on any atom is 0.315 e. The third-order valence-corrected chi connectivity index (χ3v) is 4.23. The normalized spacial score (nSPS) is 19.6. The van der Waals surface area contributed by atoms with Crippen LogP contribution in [0.4, 0.5) is 10.5 Å². The van der Waals surface area contributed by atoms with Crippen LogP contribution < -0.4 is 15.5 Å². The average Bonchev–Trinajstić information content (AvgIpc) is 3.00. The van der Waals surface area contributed by atoms with Crippen molar-refractivity contribution in [3.63, 3.8) is 0 Å². The molecular weight excluding hydrogens is 290 g/mol. The first-order valence-corrected chi connectivity index (χ1v) is 8.28. The average molecular weight is 317 g/mol. The number of para-hydroxylation sites is 1. The van der Waals surface area contributed by atoms with Crippen molar-refractivity contribution in [1.82, 2.24) is 10.6 Å². The maximum absolute atomic E-state index is 11.9. The molecule has 0 saturated carbocycles. The van der Waals surface area contributed by atoms with Crippen molar-refractivity contribution < 1.29 is 9.90 Å². The van der Waals surface area contributed by atoms with Crippen molar-refractivity contribution in [3.05, 3.63) is 42.0 Å². The summed E-state index contributed by atoms with van der Waals surface area (Å²) in [6, 6.07) is 8.15. The highest BCUT2D eigenvalue weighted by molar-refractivity contribution is 5.74. The molecule has 126 valence electrons. The first kappa shape index (κ1) is 17.3. The number of aryl methyl sites for hydroxylation is 1. The fourth-order valence-corrected chi connectivity index (χ4v) is 2.91. The summed E-state index contributed by atoms with van der Waals surface area (Å²) in [6.45, 7) is 6.62. The summed E-state index contributed by atoms with van der Waals surface area (Å²) in [6.07, 6.45) is 4.68. The fraction of sp³-hybridized carbons (Fsp3) is 0.500. The van der Waals surface area contributed by atoms with E-state index in [-0.39, 0.29) is 24.6 Å². The molecule has 23 heavy (non-hydrogen) atoms. The number of hydrogen-bond donors (Lipinski definition) is 3. The lowest BCUT2D eigenvalue weighted by Crippen LogP contribution is -2.44. The van der Waals surface area contributed by atoms with Crippen molar-refractivity contribution >= 4 is 11.7 Å². The SMILES string of the molecule is CCN(CCNC(=O)N[C@@H]1C=C[C@H](CO)C1)c1ccccc1C. The Morgan fingerprint density at radius 3 is 2.78 bits per heavy atom. The number of amides is 2. The van der Waals surface area contributed by atoms with Crippen LogP contribution in [0.15, 0.2) is 36.4 Å². The van der Waals surface area contributed by atoms with Crippen molar-refractivity contribution in [3.8, 4) is 0 Å². The molecule has 2 amide bonds. The summed E-state index contributed by atoms with van der Waals surface area (Å²) in [5.74, 6) is 0.164. The van der Waals surface area contributed by atoms with Crippen LogP contribution in [0.1, 0.15) is 18.9 Å². The number of nitrogens with zero attached hydrogens (tertiary/aromatic N) is 1. The Labute approximate surface area is 138 Å². The van der Waals surface area contributed by atoms with Gasteiger partial charge in [-0.25, -0.2) is 4.79 Å². The Morgan fingerprint density at radius 2 is 2.13 bits per heavy atom. The highest BCUT2D eigenvalue weighted by Crippen LogP contribution is 2.18. The minimum atomic E-state index is -0.154. The monoisotopic (exact) mass is 317 g/mol. The lowest BCUT2D eigenvalue weighted by molar-refractivity contribution is 0.231. The molecule has 1 aliphatic carbocycles. The summed E-state index contributed by atoms with van der Waals surface area (Å²) < 4.78 is 0. The van der Waals surface area contributed by atoms with Crippen LogP contribution in [0.3, 0.4) is 0 Å². The molecule has 2 rings (SSSR count). The second-order valence-electron chi connectivity index (χ2n) is 5.94. The molecule has 0 fully saturated rings. The van der Waals surface area contributed by atoms with Crippen LogP contribution in [0, 0.1) is 12.8 Å². The number of carbonyl (C=O) groups is 1. The van der Waals surface area contributed by atoms with E-state index in [9.17, 15) is 4.79 Å². The molecule has 5 nitrogen and oxygen atoms in total. The molecule has 0 saturated heterocycles. The van der Waals surface area contributed by atoms with Crippen molar-refractivity contribution in [1.29, 1.82) is 0 Å². The molecule has 2 atom stereocenters. The van der Waals surface area contributed by atoms with Gasteiger partial charge >= 0.3 is 6.03 Å². The van der Waals surface area contributed by atoms with Crippen LogP contribution in [-0.2, 0) is 0 Å². The Hall–Kier alpha value is -2.01. The number of carbonyl (C=O) groups excluding carboxylic acids is 1. The number of likely N-dealkylation sites (N-methyl/N-ethyl adjacent to an activating group) is 1. The van der Waals surface area contributed by atoms with Gasteiger partial charge in [0, 0.05) is 43.9 Å². The molecule has 0 aromatic heterocycles. The number of nitrogens with one attached hydrogen (secondary N) is 2. The van der Waals surface area contributed by atoms with Gasteiger partial charge in [-0.15, -0.1) is 0 Å². The molecule has 0 spiro atoms. The summed E-state index contributed by atoms with van der Waals surface area (Å²) in [4.78, 5) is 14.2. The maximum atomic E-state index is 11.9. The van der Waals surface area contributed by atoms with Crippen LogP contribution in [0.25, 0.3) is 0 Å². The van der Waals surface area contributed by atoms with E-state index in [1.165, 1.54) is 11.3 Å². The molecule has 0 heterocycles. The van der Waals surface area contributed by atoms with E-state index in [1.807, 2.05) is 24.3 Å². The molecule has 1 aromatic rings. The van der Waals surface area contributed by atoms with Crippen molar-refractivity contribution in [2.24, 2.45) is 5.92 Å². The summed E-state index contributed by atoms with van der Waals surface area (Å²) in [5.41, 5.74) is 2.45. The smallest absolute Gasteiger partial charge is 0.315 e. The molecule has 3 N–H and O–H groups in total. The second kappa shape index (κ2) is 8.58. The highest BCUT2D eigenvalue weighted by Gasteiger charge is 2.19. The number of urea groups is 1. The van der Waals surface area contributed by atoms with E-state index >= 15 is 0 Å². The first-order valence-electron chi connectivity index (χ1n) is 8.28. The van der Waals surface area contributed by atoms with E-state index in [1.54, 1.807) is 0 Å². The predicted molar refractivity (Wildman–Crippen MR) is 93.7 cm³/mol. The zero-order valence-electron chi connectivity index (χ0n) is 14.0. The van der Waals surface area contributed by atoms with E-state index in [0.29, 0.717) is 6.54 Å². The number of benzene rings is 1. The summed E-state index contributed by atoms with van der Waals surface area (Å²) in [5, 5.41) is 14.9. The van der Waals surface area contributed by atoms with Crippen LogP contribution in [0.2, 0.25) is 0 Å². The lowest BCUT2D eigenvalue weighted by atomic mass is 10.1. The largest absolute Gasteiger partial charge is 0.396 e. The number of hydrogen-bond acceptors (Lipinski definition) is 3. The molecular formula is C18H27N3O2. The first-order chi connectivity index (χ1) is 11.1. The Morgan fingerprint density at radius 1 is 1.35 bits per heavy atom. The van der Waals surface area contributed by atoms with Gasteiger partial charge in [0.05, 0.1) is 0 Å². The number of aliphatic hydroxyl groups excluding tert-OH is 1. The predicted octanol–water partition coefficient (Wildman–Crippen LogP) is 2.06. The molecule has 0 radical (unpaired) electrons. The van der Waals surface area contributed by atoms with Gasteiger partial charge in [0.15, 0.2) is 0 Å². The number of anilines is 1. The molecule has 0 aliphatic heterocycles. The lowest BCUT2D eigenvalue weighted by Gasteiger charge is -2.25. The van der Waals surface area contributed by atoms with Crippen LogP contribution >= 0.6 is 0 Å². The minimum absolute atomic E-state index is 0.0193. The highest BCUT2D eigenvalue weighted by atomic mass is 16.3. The van der Waals surface area contributed by atoms with E-state index in [0.717, 1.165) is 19.5 Å². The fourth-order valence-electron chi connectivity index (χ4n) is 2.91. The molecule has 5 heteroatoms. The van der Waals surface area contributed by atoms with Gasteiger partial charge in [0.1, 0.15) is 0 Å². The van der Waals surface area contributed by atoms with Crippen molar-refractivity contribution in [2.75, 3.05) is 31.1 Å². The van der Waals surface area contributed by atoms with Crippen LogP contribution in [-0.4, -0.2) is 43.4 Å². The minimum Gasteiger partial charge on any atom is -0.396 e. The van der Waals surface area contributed by atoms with E-state index in [2.05, 4.69) is 41.5 Å². The number of rotatable bonds is 7. The van der Waals surface area contributed by atoms with E-state index in [4.69, 9.17) is 5.11 Å². The third-order valence-electron chi connectivity index (χ3n) is 4.23. The van der Waals surface area contributed by atoms with Gasteiger partial charge in [0.2, 0.25) is 0 Å². The van der Waals surface area contributed by atoms with Crippen LogP contribution in [0.5, 0.6) is 0 Å². The van der Waals surface area contributed by atoms with Gasteiger partial charge in [-0.05, 0) is 31.9 Å². The van der Waals surface area contributed by atoms with Gasteiger partial charge in [-0.3, -0.25) is 0 Å². The zero-order chi connectivity index (χ0) is 16.7. The van der Waals surface area contributed by atoms with Crippen molar-refractivity contribution in [2.45, 2.75) is 26.3 Å². The second-order valence-corrected chi connectivity index (χ2v) is 5.94. The molecule has 1 aliphatic rings. The van der Waals surface area contributed by atoms with Gasteiger partial charge in [0.25, 0.3) is 0 Å². The Kier molecular flexibility index (Phi) is 6.47. The van der Waals surface area contributed by atoms with Gasteiger partial charge in [-0.1, -0.05) is 30.4 Å². The van der Waals surface area contributed by atoms with Gasteiger partial charge < -0.3 is 20.6 Å². The summed E-state index contributed by atoms with van der Waals surface area (Å²) >= 11 is 0. The Balaban J connectivity index is 1.74. The number of aliphatic hydroxyl groups is 1. The standard InChI is InChI=1S/C18H27N3O2/c1-3-21(17-7-5-4-6-14(17)2)11-10-19-18(23)20-16-9-8-15(12-16)13-22/h4-9,15-16,22H,3,10-13H2,1-2H3,(H2,19,20,23)/t15-,16+/m0/s1. The van der Waals surface area contributed by atoms with E-state index < -0.39 is 0 Å².